The van der Waals surface area contributed by atoms with Gasteiger partial charge in [-0.05, 0) is 29.2 Å². The van der Waals surface area contributed by atoms with Crippen LogP contribution in [0.1, 0.15) is 31.9 Å². The first kappa shape index (κ1) is 22.1. The van der Waals surface area contributed by atoms with Crippen LogP contribution in [-0.2, 0) is 10.2 Å². The number of rotatable bonds is 8. The fraction of sp³-hybridized carbons (Fsp3) is 0.364. The van der Waals surface area contributed by atoms with Gasteiger partial charge >= 0.3 is 0 Å². The van der Waals surface area contributed by atoms with Gasteiger partial charge in [0.25, 0.3) is 5.91 Å². The standard InChI is InChI=1S/C22H28N2O5/c1-22(2,3)16-7-9-17(10-8-16)29-14-21(25)24-23-13-15-11-19(27-5)20(28-6)12-18(15)26-4/h7-13H,14H2,1-6H3,(H,24,25)/b23-13+. The maximum Gasteiger partial charge on any atom is 0.277 e. The van der Waals surface area contributed by atoms with Gasteiger partial charge in [-0.15, -0.1) is 0 Å². The van der Waals surface area contributed by atoms with Crippen molar-refractivity contribution in [1.82, 2.24) is 5.43 Å². The number of hydrogen-bond donors (Lipinski definition) is 1. The second-order valence-electron chi connectivity index (χ2n) is 7.31. The molecule has 7 heteroatoms. The molecule has 0 aliphatic rings. The van der Waals surface area contributed by atoms with E-state index in [4.69, 9.17) is 18.9 Å². The number of hydrogen-bond acceptors (Lipinski definition) is 6. The average Bonchev–Trinajstić information content (AvgIpc) is 2.71. The molecule has 0 unspecified atom stereocenters. The molecule has 0 aliphatic carbocycles. The van der Waals surface area contributed by atoms with Crippen LogP contribution in [0.2, 0.25) is 0 Å². The maximum absolute atomic E-state index is 12.0. The summed E-state index contributed by atoms with van der Waals surface area (Å²) in [6.45, 7) is 6.28. The number of nitrogens with one attached hydrogen (secondary N) is 1. The molecule has 0 heterocycles. The molecule has 0 bridgehead atoms. The Morgan fingerprint density at radius 2 is 1.55 bits per heavy atom. The Morgan fingerprint density at radius 1 is 0.966 bits per heavy atom. The Kier molecular flexibility index (Phi) is 7.47. The normalized spacial score (nSPS) is 11.2. The summed E-state index contributed by atoms with van der Waals surface area (Å²) in [6.07, 6.45) is 1.47. The summed E-state index contributed by atoms with van der Waals surface area (Å²) in [4.78, 5) is 12.0. The van der Waals surface area contributed by atoms with E-state index < -0.39 is 0 Å². The molecule has 156 valence electrons. The van der Waals surface area contributed by atoms with Gasteiger partial charge in [-0.25, -0.2) is 5.43 Å². The zero-order valence-electron chi connectivity index (χ0n) is 17.7. The molecule has 2 aromatic carbocycles. The Morgan fingerprint density at radius 3 is 2.10 bits per heavy atom. The van der Waals surface area contributed by atoms with Crippen LogP contribution >= 0.6 is 0 Å². The first-order chi connectivity index (χ1) is 13.8. The molecule has 1 amide bonds. The smallest absolute Gasteiger partial charge is 0.277 e. The monoisotopic (exact) mass is 400 g/mol. The lowest BCUT2D eigenvalue weighted by Gasteiger charge is -2.19. The molecular formula is C22H28N2O5. The van der Waals surface area contributed by atoms with Gasteiger partial charge < -0.3 is 18.9 Å². The molecule has 29 heavy (non-hydrogen) atoms. The quantitative estimate of drug-likeness (QED) is 0.542. The van der Waals surface area contributed by atoms with Crippen molar-refractivity contribution >= 4 is 12.1 Å². The second kappa shape index (κ2) is 9.82. The highest BCUT2D eigenvalue weighted by atomic mass is 16.5. The molecule has 0 saturated heterocycles. The topological polar surface area (TPSA) is 78.4 Å². The Balaban J connectivity index is 1.94. The molecule has 0 saturated carbocycles. The summed E-state index contributed by atoms with van der Waals surface area (Å²) in [5.74, 6) is 1.86. The third-order valence-electron chi connectivity index (χ3n) is 4.22. The SMILES string of the molecule is COc1cc(OC)c(OC)cc1/C=N/NC(=O)COc1ccc(C(C)(C)C)cc1. The molecule has 0 fully saturated rings. The van der Waals surface area contributed by atoms with Gasteiger partial charge in [-0.3, -0.25) is 4.79 Å². The van der Waals surface area contributed by atoms with Gasteiger partial charge in [0, 0.05) is 11.6 Å². The van der Waals surface area contributed by atoms with E-state index in [0.29, 0.717) is 28.6 Å². The molecule has 1 N–H and O–H groups in total. The third-order valence-corrected chi connectivity index (χ3v) is 4.22. The zero-order chi connectivity index (χ0) is 21.4. The summed E-state index contributed by atoms with van der Waals surface area (Å²) in [6, 6.07) is 11.1. The Hall–Kier alpha value is -3.22. The first-order valence-electron chi connectivity index (χ1n) is 9.13. The minimum absolute atomic E-state index is 0.0653. The van der Waals surface area contributed by atoms with Crippen LogP contribution in [0.15, 0.2) is 41.5 Å². The van der Waals surface area contributed by atoms with Crippen LogP contribution in [0, 0.1) is 0 Å². The van der Waals surface area contributed by atoms with E-state index in [2.05, 4.69) is 31.3 Å². The van der Waals surface area contributed by atoms with Gasteiger partial charge in [0.2, 0.25) is 0 Å². The number of amides is 1. The Bertz CT molecular complexity index is 855. The maximum atomic E-state index is 12.0. The van der Waals surface area contributed by atoms with E-state index in [1.165, 1.54) is 18.9 Å². The summed E-state index contributed by atoms with van der Waals surface area (Å²) in [5.41, 5.74) is 4.32. The molecule has 0 spiro atoms. The molecular weight excluding hydrogens is 372 g/mol. The van der Waals surface area contributed by atoms with Gasteiger partial charge in [0.1, 0.15) is 11.5 Å². The minimum Gasteiger partial charge on any atom is -0.496 e. The van der Waals surface area contributed by atoms with Crippen LogP contribution in [-0.4, -0.2) is 40.1 Å². The first-order valence-corrected chi connectivity index (χ1v) is 9.13. The summed E-state index contributed by atoms with van der Waals surface area (Å²) in [7, 11) is 4.62. The number of ether oxygens (including phenoxy) is 4. The van der Waals surface area contributed by atoms with E-state index in [0.717, 1.165) is 0 Å². The van der Waals surface area contributed by atoms with E-state index in [1.807, 2.05) is 24.3 Å². The van der Waals surface area contributed by atoms with Crippen molar-refractivity contribution in [3.05, 3.63) is 47.5 Å². The highest BCUT2D eigenvalue weighted by molar-refractivity contribution is 5.86. The van der Waals surface area contributed by atoms with Crippen molar-refractivity contribution in [2.45, 2.75) is 26.2 Å². The van der Waals surface area contributed by atoms with Crippen molar-refractivity contribution in [2.75, 3.05) is 27.9 Å². The third kappa shape index (κ3) is 6.14. The molecule has 0 aromatic heterocycles. The van der Waals surface area contributed by atoms with Crippen LogP contribution in [0.25, 0.3) is 0 Å². The van der Waals surface area contributed by atoms with Crippen LogP contribution < -0.4 is 24.4 Å². The predicted molar refractivity (Wildman–Crippen MR) is 112 cm³/mol. The van der Waals surface area contributed by atoms with Gasteiger partial charge in [-0.2, -0.15) is 5.10 Å². The molecule has 0 aliphatic heterocycles. The second-order valence-corrected chi connectivity index (χ2v) is 7.31. The number of hydrazone groups is 1. The largest absolute Gasteiger partial charge is 0.496 e. The summed E-state index contributed by atoms with van der Waals surface area (Å²) in [5, 5.41) is 3.96. The number of carbonyl (C=O) groups is 1. The van der Waals surface area contributed by atoms with E-state index in [9.17, 15) is 4.79 Å². The fourth-order valence-corrected chi connectivity index (χ4v) is 2.56. The molecule has 2 aromatic rings. The van der Waals surface area contributed by atoms with E-state index in [-0.39, 0.29) is 17.9 Å². The van der Waals surface area contributed by atoms with Crippen molar-refractivity contribution < 1.29 is 23.7 Å². The summed E-state index contributed by atoms with van der Waals surface area (Å²) >= 11 is 0. The van der Waals surface area contributed by atoms with Crippen molar-refractivity contribution in [1.29, 1.82) is 0 Å². The van der Waals surface area contributed by atoms with Crippen molar-refractivity contribution in [3.8, 4) is 23.0 Å². The number of methoxy groups -OCH3 is 3. The van der Waals surface area contributed by atoms with Crippen molar-refractivity contribution in [3.63, 3.8) is 0 Å². The van der Waals surface area contributed by atoms with Crippen LogP contribution in [0.3, 0.4) is 0 Å². The molecule has 7 nitrogen and oxygen atoms in total. The minimum atomic E-state index is -0.374. The lowest BCUT2D eigenvalue weighted by molar-refractivity contribution is -0.123. The average molecular weight is 400 g/mol. The lowest BCUT2D eigenvalue weighted by Crippen LogP contribution is -2.24. The summed E-state index contributed by atoms with van der Waals surface area (Å²) < 4.78 is 21.3. The predicted octanol–water partition coefficient (Wildman–Crippen LogP) is 3.54. The Labute approximate surface area is 171 Å². The van der Waals surface area contributed by atoms with Gasteiger partial charge in [0.15, 0.2) is 18.1 Å². The van der Waals surface area contributed by atoms with E-state index in [1.54, 1.807) is 26.4 Å². The van der Waals surface area contributed by atoms with Crippen LogP contribution in [0.5, 0.6) is 23.0 Å². The number of benzene rings is 2. The van der Waals surface area contributed by atoms with Crippen molar-refractivity contribution in [2.24, 2.45) is 5.10 Å². The van der Waals surface area contributed by atoms with Crippen LogP contribution in [0.4, 0.5) is 0 Å². The highest BCUT2D eigenvalue weighted by Crippen LogP contribution is 2.33. The molecule has 2 rings (SSSR count). The van der Waals surface area contributed by atoms with Gasteiger partial charge in [0.05, 0.1) is 27.5 Å². The lowest BCUT2D eigenvalue weighted by atomic mass is 9.87. The van der Waals surface area contributed by atoms with Gasteiger partial charge in [-0.1, -0.05) is 32.9 Å². The molecule has 0 atom stereocenters. The molecule has 0 radical (unpaired) electrons. The van der Waals surface area contributed by atoms with E-state index >= 15 is 0 Å². The fourth-order valence-electron chi connectivity index (χ4n) is 2.56. The number of carbonyl (C=O) groups excluding carboxylic acids is 1. The highest BCUT2D eigenvalue weighted by Gasteiger charge is 2.13. The zero-order valence-corrected chi connectivity index (χ0v) is 17.7. The number of nitrogens with zero attached hydrogens (tertiary/aromatic N) is 1.